The fourth-order valence-corrected chi connectivity index (χ4v) is 3.81. The molecule has 3 unspecified atom stereocenters. The fourth-order valence-electron chi connectivity index (χ4n) is 3.81. The Morgan fingerprint density at radius 3 is 2.66 bits per heavy atom. The molecule has 9 heteroatoms. The molecule has 5 atom stereocenters. The number of aliphatic hydroxyl groups is 4. The van der Waals surface area contributed by atoms with Crippen molar-refractivity contribution in [2.24, 2.45) is 0 Å². The molecule has 0 radical (unpaired) electrons. The van der Waals surface area contributed by atoms with Gasteiger partial charge >= 0.3 is 0 Å². The molecule has 1 aromatic carbocycles. The average Bonchev–Trinajstić information content (AvgIpc) is 3.22. The zero-order valence-electron chi connectivity index (χ0n) is 15.7. The van der Waals surface area contributed by atoms with Crippen LogP contribution in [0.2, 0.25) is 0 Å². The standard InChI is InChI=1S/C20H23N3O6/c1-9-11-5-4-10(22-16-18(26)17(25)14(8-24)29-20(16)28)7-13(11)23-19(27)15(9)12-3-2-6-21-12/h2-7,14,16-18,20-22,24-26,28H,8H2,1H3,(H,23,27)/t14?,16-,17+,18?,20?/m0/s1. The molecule has 3 heterocycles. The summed E-state index contributed by atoms with van der Waals surface area (Å²) >= 11 is 0. The monoisotopic (exact) mass is 401 g/mol. The molecule has 7 N–H and O–H groups in total. The second-order valence-electron chi connectivity index (χ2n) is 7.20. The van der Waals surface area contributed by atoms with Gasteiger partial charge in [0.15, 0.2) is 6.29 Å². The molecule has 0 spiro atoms. The summed E-state index contributed by atoms with van der Waals surface area (Å²) in [5, 5.41) is 43.4. The normalized spacial score (nSPS) is 27.3. The minimum absolute atomic E-state index is 0.239. The number of H-pyrrole nitrogens is 2. The van der Waals surface area contributed by atoms with Gasteiger partial charge in [0.1, 0.15) is 24.4 Å². The molecule has 1 fully saturated rings. The van der Waals surface area contributed by atoms with Gasteiger partial charge in [-0.1, -0.05) is 6.07 Å². The van der Waals surface area contributed by atoms with Gasteiger partial charge in [0.2, 0.25) is 0 Å². The quantitative estimate of drug-likeness (QED) is 0.326. The van der Waals surface area contributed by atoms with Gasteiger partial charge in [-0.2, -0.15) is 0 Å². The average molecular weight is 401 g/mol. The molecule has 3 aromatic rings. The maximum absolute atomic E-state index is 12.6. The Balaban J connectivity index is 1.66. The third kappa shape index (κ3) is 3.43. The number of hydrogen-bond donors (Lipinski definition) is 7. The Morgan fingerprint density at radius 1 is 1.17 bits per heavy atom. The molecule has 1 aliphatic rings. The highest BCUT2D eigenvalue weighted by molar-refractivity contribution is 5.89. The van der Waals surface area contributed by atoms with E-state index in [0.717, 1.165) is 16.6 Å². The maximum atomic E-state index is 12.6. The van der Waals surface area contributed by atoms with E-state index in [9.17, 15) is 25.2 Å². The van der Waals surface area contributed by atoms with E-state index in [1.54, 1.807) is 18.3 Å². The first-order valence-electron chi connectivity index (χ1n) is 9.28. The lowest BCUT2D eigenvalue weighted by molar-refractivity contribution is -0.245. The highest BCUT2D eigenvalue weighted by Crippen LogP contribution is 2.28. The summed E-state index contributed by atoms with van der Waals surface area (Å²) in [5.74, 6) is 0. The van der Waals surface area contributed by atoms with Crippen LogP contribution in [-0.2, 0) is 4.74 Å². The highest BCUT2D eigenvalue weighted by Gasteiger charge is 2.43. The van der Waals surface area contributed by atoms with Gasteiger partial charge in [-0.05, 0) is 36.8 Å². The Bertz CT molecular complexity index is 1060. The van der Waals surface area contributed by atoms with E-state index in [-0.39, 0.29) is 5.56 Å². The van der Waals surface area contributed by atoms with Crippen molar-refractivity contribution in [1.82, 2.24) is 9.97 Å². The van der Waals surface area contributed by atoms with E-state index in [1.165, 1.54) is 0 Å². The van der Waals surface area contributed by atoms with Crippen molar-refractivity contribution in [2.75, 3.05) is 11.9 Å². The zero-order chi connectivity index (χ0) is 20.7. The summed E-state index contributed by atoms with van der Waals surface area (Å²) < 4.78 is 5.16. The topological polar surface area (TPSA) is 151 Å². The number of aryl methyl sites for hydroxylation is 1. The Labute approximate surface area is 165 Å². The van der Waals surface area contributed by atoms with E-state index in [2.05, 4.69) is 15.3 Å². The van der Waals surface area contributed by atoms with Crippen LogP contribution >= 0.6 is 0 Å². The van der Waals surface area contributed by atoms with Crippen molar-refractivity contribution in [1.29, 1.82) is 0 Å². The smallest absolute Gasteiger partial charge is 0.258 e. The van der Waals surface area contributed by atoms with Crippen LogP contribution in [-0.4, -0.2) is 67.6 Å². The Kier molecular flexibility index (Phi) is 5.15. The first kappa shape index (κ1) is 19.6. The number of anilines is 1. The molecule has 0 amide bonds. The van der Waals surface area contributed by atoms with Crippen molar-refractivity contribution in [3.8, 4) is 11.3 Å². The van der Waals surface area contributed by atoms with Crippen LogP contribution in [0.3, 0.4) is 0 Å². The first-order chi connectivity index (χ1) is 13.9. The summed E-state index contributed by atoms with van der Waals surface area (Å²) in [7, 11) is 0. The largest absolute Gasteiger partial charge is 0.394 e. The number of rotatable bonds is 4. The van der Waals surface area contributed by atoms with Crippen LogP contribution < -0.4 is 10.9 Å². The zero-order valence-corrected chi connectivity index (χ0v) is 15.7. The van der Waals surface area contributed by atoms with Gasteiger partial charge in [0, 0.05) is 17.3 Å². The van der Waals surface area contributed by atoms with E-state index < -0.39 is 37.3 Å². The van der Waals surface area contributed by atoms with E-state index >= 15 is 0 Å². The lowest BCUT2D eigenvalue weighted by atomic mass is 9.96. The van der Waals surface area contributed by atoms with Crippen molar-refractivity contribution in [3.63, 3.8) is 0 Å². The van der Waals surface area contributed by atoms with E-state index in [0.29, 0.717) is 16.8 Å². The predicted molar refractivity (Wildman–Crippen MR) is 106 cm³/mol. The number of aliphatic hydroxyl groups excluding tert-OH is 4. The van der Waals surface area contributed by atoms with Gasteiger partial charge in [0.05, 0.1) is 23.4 Å². The molecule has 2 aromatic heterocycles. The molecule has 4 rings (SSSR count). The second-order valence-corrected chi connectivity index (χ2v) is 7.20. The molecule has 29 heavy (non-hydrogen) atoms. The second kappa shape index (κ2) is 7.62. The minimum atomic E-state index is -1.43. The summed E-state index contributed by atoms with van der Waals surface area (Å²) in [5.41, 5.74) is 2.97. The van der Waals surface area contributed by atoms with Crippen LogP contribution in [0.1, 0.15) is 5.56 Å². The van der Waals surface area contributed by atoms with Crippen LogP contribution in [0, 0.1) is 6.92 Å². The highest BCUT2D eigenvalue weighted by atomic mass is 16.6. The van der Waals surface area contributed by atoms with Gasteiger partial charge in [0.25, 0.3) is 5.56 Å². The summed E-state index contributed by atoms with van der Waals surface area (Å²) in [6.45, 7) is 1.34. The lowest BCUT2D eigenvalue weighted by Gasteiger charge is -2.40. The van der Waals surface area contributed by atoms with Crippen LogP contribution in [0.5, 0.6) is 0 Å². The maximum Gasteiger partial charge on any atom is 0.258 e. The van der Waals surface area contributed by atoms with Crippen molar-refractivity contribution in [2.45, 2.75) is 37.6 Å². The number of pyridine rings is 1. The molecular weight excluding hydrogens is 378 g/mol. The molecule has 0 bridgehead atoms. The van der Waals surface area contributed by atoms with Crippen molar-refractivity contribution in [3.05, 3.63) is 52.4 Å². The fraction of sp³-hybridized carbons (Fsp3) is 0.350. The van der Waals surface area contributed by atoms with Crippen molar-refractivity contribution < 1.29 is 25.2 Å². The summed E-state index contributed by atoms with van der Waals surface area (Å²) in [4.78, 5) is 18.5. The predicted octanol–water partition coefficient (Wildman–Crippen LogP) is 0.0434. The number of aromatic nitrogens is 2. The number of nitrogens with one attached hydrogen (secondary N) is 3. The van der Waals surface area contributed by atoms with Crippen molar-refractivity contribution >= 4 is 16.6 Å². The molecular formula is C20H23N3O6. The van der Waals surface area contributed by atoms with Crippen LogP contribution in [0.4, 0.5) is 5.69 Å². The minimum Gasteiger partial charge on any atom is -0.394 e. The lowest BCUT2D eigenvalue weighted by Crippen LogP contribution is -2.61. The number of ether oxygens (including phenoxy) is 1. The third-order valence-corrected chi connectivity index (χ3v) is 5.37. The molecule has 0 saturated carbocycles. The Morgan fingerprint density at radius 2 is 1.97 bits per heavy atom. The van der Waals surface area contributed by atoms with Gasteiger partial charge in [-0.25, -0.2) is 0 Å². The van der Waals surface area contributed by atoms with Crippen LogP contribution in [0.25, 0.3) is 22.2 Å². The molecule has 0 aliphatic carbocycles. The number of hydrogen-bond acceptors (Lipinski definition) is 7. The molecule has 1 aliphatic heterocycles. The number of benzene rings is 1. The Hall–Kier alpha value is -2.69. The molecule has 154 valence electrons. The van der Waals surface area contributed by atoms with E-state index in [4.69, 9.17) is 4.74 Å². The number of aromatic amines is 2. The van der Waals surface area contributed by atoms with Gasteiger partial charge in [-0.3, -0.25) is 4.79 Å². The summed E-state index contributed by atoms with van der Waals surface area (Å²) in [6, 6.07) is 7.89. The van der Waals surface area contributed by atoms with Gasteiger partial charge < -0.3 is 40.4 Å². The SMILES string of the molecule is Cc1c(-c2ccc[nH]2)c(=O)[nH]c2cc(N[C@@H]3C(O)OC(CO)[C@@H](O)C3O)ccc12. The third-order valence-electron chi connectivity index (χ3n) is 5.37. The van der Waals surface area contributed by atoms with E-state index in [1.807, 2.05) is 25.1 Å². The molecule has 9 nitrogen and oxygen atoms in total. The summed E-state index contributed by atoms with van der Waals surface area (Å²) in [6.07, 6.45) is -3.46. The first-order valence-corrected chi connectivity index (χ1v) is 9.28. The number of fused-ring (bicyclic) bond motifs is 1. The van der Waals surface area contributed by atoms with Crippen LogP contribution in [0.15, 0.2) is 41.3 Å². The van der Waals surface area contributed by atoms with Gasteiger partial charge in [-0.15, -0.1) is 0 Å². The molecule has 1 saturated heterocycles.